The number of imidazole rings is 1. The molecule has 1 N–H and O–H groups in total. The molecule has 8 nitrogen and oxygen atoms in total. The Morgan fingerprint density at radius 2 is 1.85 bits per heavy atom. The lowest BCUT2D eigenvalue weighted by Crippen LogP contribution is -2.05. The van der Waals surface area contributed by atoms with Crippen molar-refractivity contribution in [2.75, 3.05) is 7.11 Å². The summed E-state index contributed by atoms with van der Waals surface area (Å²) in [4.78, 5) is 9.41. The number of nitrogens with zero attached hydrogens (tertiary/aromatic N) is 6. The summed E-state index contributed by atoms with van der Waals surface area (Å²) < 4.78 is 22.7. The van der Waals surface area contributed by atoms with Gasteiger partial charge >= 0.3 is 0 Å². The Morgan fingerprint density at radius 3 is 2.59 bits per heavy atom. The molecule has 0 aliphatic heterocycles. The van der Waals surface area contributed by atoms with E-state index in [1.54, 1.807) is 41.0 Å². The number of benzene rings is 2. The Bertz CT molecular complexity index is 1500. The lowest BCUT2D eigenvalue weighted by atomic mass is 10.1. The SMILES string of the molecule is COc1ccc(Cl)cc1-c1c(-c2nn[nH]n2)nc(-c2cccc(C)n2)n1-c1cccc(Cl)c1F. The minimum Gasteiger partial charge on any atom is -0.496 e. The van der Waals surface area contributed by atoms with Crippen LogP contribution in [0, 0.1) is 12.7 Å². The number of rotatable bonds is 5. The monoisotopic (exact) mass is 495 g/mol. The van der Waals surface area contributed by atoms with Gasteiger partial charge in [0.15, 0.2) is 11.6 Å². The number of methoxy groups -OCH3 is 1. The summed E-state index contributed by atoms with van der Waals surface area (Å²) in [6.07, 6.45) is 0. The van der Waals surface area contributed by atoms with Crippen molar-refractivity contribution in [3.05, 3.63) is 76.2 Å². The van der Waals surface area contributed by atoms with Crippen molar-refractivity contribution in [3.8, 4) is 45.7 Å². The number of pyridine rings is 1. The lowest BCUT2D eigenvalue weighted by molar-refractivity contribution is 0.416. The average Bonchev–Trinajstić information content (AvgIpc) is 3.49. The molecule has 170 valence electrons. The minimum absolute atomic E-state index is 0.0422. The molecule has 0 radical (unpaired) electrons. The topological polar surface area (TPSA) is 94.4 Å². The van der Waals surface area contributed by atoms with Gasteiger partial charge in [0.05, 0.1) is 23.5 Å². The standard InChI is InChI=1S/C23H16Cl2FN7O/c1-12-5-3-7-16(27-12)23-28-20(22-29-31-32-30-22)21(14-11-13(24)9-10-18(14)34-2)33(23)17-8-4-6-15(25)19(17)26/h3-11H,1-2H3,(H,29,30,31,32). The first kappa shape index (κ1) is 22.0. The van der Waals surface area contributed by atoms with E-state index in [1.165, 1.54) is 13.2 Å². The third-order valence-electron chi connectivity index (χ3n) is 5.14. The number of H-pyrrole nitrogens is 1. The van der Waals surface area contributed by atoms with Gasteiger partial charge in [-0.05, 0) is 54.6 Å². The normalized spacial score (nSPS) is 11.1. The number of hydrogen-bond donors (Lipinski definition) is 1. The molecule has 5 aromatic rings. The number of aromatic amines is 1. The van der Waals surface area contributed by atoms with Crippen LogP contribution in [0.5, 0.6) is 5.75 Å². The molecular formula is C23H16Cl2FN7O. The fourth-order valence-electron chi connectivity index (χ4n) is 3.69. The van der Waals surface area contributed by atoms with E-state index in [0.29, 0.717) is 39.2 Å². The van der Waals surface area contributed by atoms with Crippen LogP contribution in [-0.4, -0.2) is 42.3 Å². The molecule has 0 bridgehead atoms. The van der Waals surface area contributed by atoms with Gasteiger partial charge in [-0.2, -0.15) is 5.21 Å². The van der Waals surface area contributed by atoms with Crippen molar-refractivity contribution < 1.29 is 9.13 Å². The van der Waals surface area contributed by atoms with E-state index >= 15 is 4.39 Å². The zero-order valence-electron chi connectivity index (χ0n) is 17.9. The molecule has 34 heavy (non-hydrogen) atoms. The molecule has 0 unspecified atom stereocenters. The Kier molecular flexibility index (Phi) is 5.72. The van der Waals surface area contributed by atoms with Crippen molar-refractivity contribution >= 4 is 23.2 Å². The van der Waals surface area contributed by atoms with Crippen molar-refractivity contribution in [1.29, 1.82) is 0 Å². The molecule has 0 atom stereocenters. The largest absolute Gasteiger partial charge is 0.496 e. The van der Waals surface area contributed by atoms with Crippen molar-refractivity contribution in [2.24, 2.45) is 0 Å². The summed E-state index contributed by atoms with van der Waals surface area (Å²) in [6, 6.07) is 15.3. The number of hydrogen-bond acceptors (Lipinski definition) is 6. The van der Waals surface area contributed by atoms with Crippen LogP contribution in [0.2, 0.25) is 10.0 Å². The zero-order valence-corrected chi connectivity index (χ0v) is 19.4. The lowest BCUT2D eigenvalue weighted by Gasteiger charge is -2.16. The first-order valence-corrected chi connectivity index (χ1v) is 10.8. The fraction of sp³-hybridized carbons (Fsp3) is 0.0870. The highest BCUT2D eigenvalue weighted by molar-refractivity contribution is 6.31. The maximum absolute atomic E-state index is 15.5. The number of halogens is 3. The van der Waals surface area contributed by atoms with E-state index < -0.39 is 5.82 Å². The molecule has 0 saturated heterocycles. The first-order chi connectivity index (χ1) is 16.5. The van der Waals surface area contributed by atoms with Crippen LogP contribution in [0.4, 0.5) is 4.39 Å². The highest BCUT2D eigenvalue weighted by atomic mass is 35.5. The summed E-state index contributed by atoms with van der Waals surface area (Å²) in [5.41, 5.74) is 2.73. The van der Waals surface area contributed by atoms with E-state index in [4.69, 9.17) is 32.9 Å². The zero-order chi connectivity index (χ0) is 23.8. The van der Waals surface area contributed by atoms with Crippen LogP contribution in [0.1, 0.15) is 5.69 Å². The molecule has 0 spiro atoms. The van der Waals surface area contributed by atoms with Gasteiger partial charge in [-0.3, -0.25) is 4.57 Å². The van der Waals surface area contributed by atoms with Gasteiger partial charge in [-0.25, -0.2) is 14.4 Å². The highest BCUT2D eigenvalue weighted by Gasteiger charge is 2.29. The summed E-state index contributed by atoms with van der Waals surface area (Å²) in [5.74, 6) is 0.410. The molecule has 0 saturated carbocycles. The van der Waals surface area contributed by atoms with E-state index in [9.17, 15) is 0 Å². The quantitative estimate of drug-likeness (QED) is 0.343. The Labute approximate surface area is 203 Å². The van der Waals surface area contributed by atoms with E-state index in [1.807, 2.05) is 19.1 Å². The van der Waals surface area contributed by atoms with Gasteiger partial charge in [-0.1, -0.05) is 35.3 Å². The second kappa shape index (κ2) is 8.85. The summed E-state index contributed by atoms with van der Waals surface area (Å²) in [5, 5.41) is 14.7. The number of ether oxygens (including phenoxy) is 1. The van der Waals surface area contributed by atoms with Gasteiger partial charge in [-0.15, -0.1) is 10.2 Å². The molecule has 0 aliphatic rings. The number of aromatic nitrogens is 7. The van der Waals surface area contributed by atoms with Crippen LogP contribution in [0.15, 0.2) is 54.6 Å². The van der Waals surface area contributed by atoms with Crippen molar-refractivity contribution in [1.82, 2.24) is 35.2 Å². The fourth-order valence-corrected chi connectivity index (χ4v) is 4.03. The van der Waals surface area contributed by atoms with Crippen LogP contribution in [0.3, 0.4) is 0 Å². The predicted octanol–water partition coefficient (Wildman–Crippen LogP) is 5.54. The van der Waals surface area contributed by atoms with Gasteiger partial charge in [0.2, 0.25) is 5.82 Å². The molecule has 3 aromatic heterocycles. The number of nitrogens with one attached hydrogen (secondary N) is 1. The van der Waals surface area contributed by atoms with Gasteiger partial charge in [0.25, 0.3) is 0 Å². The average molecular weight is 496 g/mol. The molecule has 0 amide bonds. The third-order valence-corrected chi connectivity index (χ3v) is 5.67. The minimum atomic E-state index is -0.627. The van der Waals surface area contributed by atoms with Gasteiger partial charge in [0, 0.05) is 16.3 Å². The second-order valence-corrected chi connectivity index (χ2v) is 8.13. The molecule has 3 heterocycles. The molecule has 5 rings (SSSR count). The summed E-state index contributed by atoms with van der Waals surface area (Å²) in [6.45, 7) is 1.86. The summed E-state index contributed by atoms with van der Waals surface area (Å²) in [7, 11) is 1.53. The van der Waals surface area contributed by atoms with E-state index in [0.717, 1.165) is 5.69 Å². The molecule has 0 aliphatic carbocycles. The van der Waals surface area contributed by atoms with E-state index in [-0.39, 0.29) is 16.5 Å². The van der Waals surface area contributed by atoms with Crippen LogP contribution in [0.25, 0.3) is 40.0 Å². The third kappa shape index (κ3) is 3.78. The molecule has 0 fully saturated rings. The van der Waals surface area contributed by atoms with Crippen LogP contribution < -0.4 is 4.74 Å². The smallest absolute Gasteiger partial charge is 0.225 e. The van der Waals surface area contributed by atoms with Gasteiger partial charge in [0.1, 0.15) is 17.1 Å². The second-order valence-electron chi connectivity index (χ2n) is 7.29. The van der Waals surface area contributed by atoms with Crippen LogP contribution >= 0.6 is 23.2 Å². The number of aryl methyl sites for hydroxylation is 1. The molecule has 11 heteroatoms. The number of tetrazole rings is 1. The van der Waals surface area contributed by atoms with Gasteiger partial charge < -0.3 is 4.74 Å². The van der Waals surface area contributed by atoms with Crippen molar-refractivity contribution in [2.45, 2.75) is 6.92 Å². The first-order valence-electron chi connectivity index (χ1n) is 10.1. The Hall–Kier alpha value is -3.82. The Balaban J connectivity index is 1.97. The molecular weight excluding hydrogens is 480 g/mol. The Morgan fingerprint density at radius 1 is 1.03 bits per heavy atom. The maximum Gasteiger partial charge on any atom is 0.225 e. The summed E-state index contributed by atoms with van der Waals surface area (Å²) >= 11 is 12.5. The highest BCUT2D eigenvalue weighted by Crippen LogP contribution is 2.42. The van der Waals surface area contributed by atoms with Crippen molar-refractivity contribution in [3.63, 3.8) is 0 Å². The predicted molar refractivity (Wildman–Crippen MR) is 127 cm³/mol. The van der Waals surface area contributed by atoms with Crippen LogP contribution in [-0.2, 0) is 0 Å². The maximum atomic E-state index is 15.5. The van der Waals surface area contributed by atoms with E-state index in [2.05, 4.69) is 25.6 Å². The molecule has 2 aromatic carbocycles.